The predicted octanol–water partition coefficient (Wildman–Crippen LogP) is 2.74. The summed E-state index contributed by atoms with van der Waals surface area (Å²) in [5, 5.41) is 11.4. The first-order chi connectivity index (χ1) is 10.1. The van der Waals surface area contributed by atoms with Crippen LogP contribution in [0, 0.1) is 10.1 Å². The average Bonchev–Trinajstić information content (AvgIpc) is 2.81. The van der Waals surface area contributed by atoms with Gasteiger partial charge in [-0.25, -0.2) is 0 Å². The van der Waals surface area contributed by atoms with Crippen molar-refractivity contribution in [3.8, 4) is 5.75 Å². The van der Waals surface area contributed by atoms with Crippen molar-refractivity contribution in [2.45, 2.75) is 5.92 Å². The van der Waals surface area contributed by atoms with Crippen LogP contribution in [0.4, 0.5) is 0 Å². The Bertz CT molecular complexity index is 735. The smallest absolute Gasteiger partial charge is 0.281 e. The van der Waals surface area contributed by atoms with Crippen LogP contribution in [-0.4, -0.2) is 12.0 Å². The minimum absolute atomic E-state index is 0.0429. The van der Waals surface area contributed by atoms with E-state index in [9.17, 15) is 10.1 Å². The summed E-state index contributed by atoms with van der Waals surface area (Å²) in [5.41, 5.74) is 8.72. The Morgan fingerprint density at radius 2 is 1.81 bits per heavy atom. The largest absolute Gasteiger partial charge is 0.497 e. The minimum atomic E-state index is -0.442. The lowest BCUT2D eigenvalue weighted by atomic mass is 9.91. The molecule has 1 unspecified atom stereocenters. The van der Waals surface area contributed by atoms with Gasteiger partial charge >= 0.3 is 0 Å². The number of fused-ring (bicyclic) bond motifs is 1. The quantitative estimate of drug-likeness (QED) is 0.693. The van der Waals surface area contributed by atoms with Crippen LogP contribution in [0.15, 0.2) is 54.2 Å². The Morgan fingerprint density at radius 1 is 1.14 bits per heavy atom. The molecule has 1 atom stereocenters. The van der Waals surface area contributed by atoms with Gasteiger partial charge in [0.25, 0.3) is 5.70 Å². The predicted molar refractivity (Wildman–Crippen MR) is 79.4 cm³/mol. The molecule has 2 aromatic carbocycles. The third-order valence-corrected chi connectivity index (χ3v) is 3.76. The molecule has 0 bridgehead atoms. The van der Waals surface area contributed by atoms with Crippen LogP contribution in [0.2, 0.25) is 0 Å². The van der Waals surface area contributed by atoms with Gasteiger partial charge in [0.2, 0.25) is 0 Å². The van der Waals surface area contributed by atoms with E-state index in [4.69, 9.17) is 10.5 Å². The zero-order valence-electron chi connectivity index (χ0n) is 11.4. The van der Waals surface area contributed by atoms with Crippen molar-refractivity contribution in [2.75, 3.05) is 7.11 Å². The van der Waals surface area contributed by atoms with Crippen molar-refractivity contribution in [2.24, 2.45) is 5.73 Å². The van der Waals surface area contributed by atoms with Gasteiger partial charge < -0.3 is 10.5 Å². The molecule has 2 aromatic rings. The lowest BCUT2D eigenvalue weighted by molar-refractivity contribution is -0.427. The molecule has 0 amide bonds. The summed E-state index contributed by atoms with van der Waals surface area (Å²) in [6, 6.07) is 14.7. The number of ether oxygens (including phenoxy) is 1. The van der Waals surface area contributed by atoms with Crippen molar-refractivity contribution in [1.29, 1.82) is 0 Å². The summed E-state index contributed by atoms with van der Waals surface area (Å²) in [6.45, 7) is 0. The van der Waals surface area contributed by atoms with Gasteiger partial charge in [-0.1, -0.05) is 36.4 Å². The fourth-order valence-electron chi connectivity index (χ4n) is 2.77. The third-order valence-electron chi connectivity index (χ3n) is 3.76. The Morgan fingerprint density at radius 3 is 2.43 bits per heavy atom. The molecule has 2 N–H and O–H groups in total. The maximum Gasteiger partial charge on any atom is 0.281 e. The summed E-state index contributed by atoms with van der Waals surface area (Å²) >= 11 is 0. The van der Waals surface area contributed by atoms with Crippen molar-refractivity contribution in [3.63, 3.8) is 0 Å². The SMILES string of the molecule is COc1ccc(C2C([N+](=O)[O-])=C(N)c3ccccc32)cc1. The molecule has 106 valence electrons. The Labute approximate surface area is 121 Å². The Kier molecular flexibility index (Phi) is 3.10. The van der Waals surface area contributed by atoms with Crippen molar-refractivity contribution in [1.82, 2.24) is 0 Å². The summed E-state index contributed by atoms with van der Waals surface area (Å²) in [5.74, 6) is 0.270. The van der Waals surface area contributed by atoms with Gasteiger partial charge in [-0.15, -0.1) is 0 Å². The van der Waals surface area contributed by atoms with Crippen LogP contribution < -0.4 is 10.5 Å². The molecule has 0 aliphatic heterocycles. The number of nitrogens with zero attached hydrogens (tertiary/aromatic N) is 1. The van der Waals surface area contributed by atoms with Crippen molar-refractivity contribution >= 4 is 5.70 Å². The molecule has 0 radical (unpaired) electrons. The number of hydrogen-bond acceptors (Lipinski definition) is 4. The van der Waals surface area contributed by atoms with Gasteiger partial charge in [0.1, 0.15) is 17.4 Å². The lowest BCUT2D eigenvalue weighted by Gasteiger charge is -2.12. The first kappa shape index (κ1) is 13.2. The van der Waals surface area contributed by atoms with Crippen molar-refractivity contribution < 1.29 is 9.66 Å². The van der Waals surface area contributed by atoms with Gasteiger partial charge in [0, 0.05) is 5.56 Å². The lowest BCUT2D eigenvalue weighted by Crippen LogP contribution is -2.10. The highest BCUT2D eigenvalue weighted by atomic mass is 16.6. The topological polar surface area (TPSA) is 78.4 Å². The normalized spacial score (nSPS) is 16.7. The highest BCUT2D eigenvalue weighted by molar-refractivity contribution is 5.76. The van der Waals surface area contributed by atoms with E-state index in [-0.39, 0.29) is 16.3 Å². The second kappa shape index (κ2) is 4.94. The standard InChI is InChI=1S/C16H14N2O3/c1-21-11-8-6-10(7-9-11)14-12-4-2-3-5-13(12)15(17)16(14)18(19)20/h2-9,14H,17H2,1H3. The third kappa shape index (κ3) is 2.03. The molecule has 0 heterocycles. The highest BCUT2D eigenvalue weighted by Gasteiger charge is 2.39. The van der Waals surface area contributed by atoms with Crippen LogP contribution in [0.3, 0.4) is 0 Å². The van der Waals surface area contributed by atoms with Crippen LogP contribution in [-0.2, 0) is 0 Å². The van der Waals surface area contributed by atoms with Crippen LogP contribution in [0.5, 0.6) is 5.75 Å². The molecule has 3 rings (SSSR count). The molecule has 1 aliphatic carbocycles. The first-order valence-corrected chi connectivity index (χ1v) is 6.50. The molecule has 5 nitrogen and oxygen atoms in total. The summed E-state index contributed by atoms with van der Waals surface area (Å²) in [6.07, 6.45) is 0. The first-order valence-electron chi connectivity index (χ1n) is 6.50. The van der Waals surface area contributed by atoms with Gasteiger partial charge in [-0.3, -0.25) is 10.1 Å². The maximum atomic E-state index is 11.4. The molecule has 0 aromatic heterocycles. The fourth-order valence-corrected chi connectivity index (χ4v) is 2.77. The second-order valence-corrected chi connectivity index (χ2v) is 4.85. The van der Waals surface area contributed by atoms with E-state index in [1.807, 2.05) is 36.4 Å². The number of nitrogens with two attached hydrogens (primary N) is 1. The molecule has 0 saturated heterocycles. The molecule has 0 spiro atoms. The number of methoxy groups -OCH3 is 1. The summed E-state index contributed by atoms with van der Waals surface area (Å²) in [7, 11) is 1.58. The minimum Gasteiger partial charge on any atom is -0.497 e. The van der Waals surface area contributed by atoms with E-state index in [0.717, 1.165) is 16.7 Å². The van der Waals surface area contributed by atoms with E-state index in [1.165, 1.54) is 0 Å². The summed E-state index contributed by atoms with van der Waals surface area (Å²) < 4.78 is 5.13. The van der Waals surface area contributed by atoms with Gasteiger partial charge in [-0.05, 0) is 23.3 Å². The average molecular weight is 282 g/mol. The fraction of sp³-hybridized carbons (Fsp3) is 0.125. The molecule has 21 heavy (non-hydrogen) atoms. The van der Waals surface area contributed by atoms with Gasteiger partial charge in [0.05, 0.1) is 12.0 Å². The van der Waals surface area contributed by atoms with E-state index in [2.05, 4.69) is 0 Å². The van der Waals surface area contributed by atoms with Crippen LogP contribution >= 0.6 is 0 Å². The molecule has 1 aliphatic rings. The number of benzene rings is 2. The van der Waals surface area contributed by atoms with E-state index in [0.29, 0.717) is 5.75 Å². The maximum absolute atomic E-state index is 11.4. The Balaban J connectivity index is 2.16. The number of nitro groups is 1. The molecular weight excluding hydrogens is 268 g/mol. The van der Waals surface area contributed by atoms with Crippen LogP contribution in [0.25, 0.3) is 5.70 Å². The van der Waals surface area contributed by atoms with E-state index < -0.39 is 5.92 Å². The second-order valence-electron chi connectivity index (χ2n) is 4.85. The summed E-state index contributed by atoms with van der Waals surface area (Å²) in [4.78, 5) is 11.0. The van der Waals surface area contributed by atoms with Gasteiger partial charge in [0.15, 0.2) is 0 Å². The molecule has 5 heteroatoms. The molecule has 0 saturated carbocycles. The monoisotopic (exact) mass is 282 g/mol. The zero-order valence-corrected chi connectivity index (χ0v) is 11.4. The number of rotatable bonds is 3. The number of allylic oxidation sites excluding steroid dienone is 1. The highest BCUT2D eigenvalue weighted by Crippen LogP contribution is 2.43. The Hall–Kier alpha value is -2.82. The van der Waals surface area contributed by atoms with Crippen LogP contribution in [0.1, 0.15) is 22.6 Å². The number of hydrogen-bond donors (Lipinski definition) is 1. The molecular formula is C16H14N2O3. The van der Waals surface area contributed by atoms with Crippen molar-refractivity contribution in [3.05, 3.63) is 81.0 Å². The van der Waals surface area contributed by atoms with E-state index in [1.54, 1.807) is 19.2 Å². The van der Waals surface area contributed by atoms with Gasteiger partial charge in [-0.2, -0.15) is 0 Å². The van der Waals surface area contributed by atoms with E-state index >= 15 is 0 Å². The zero-order chi connectivity index (χ0) is 15.0. The molecule has 0 fully saturated rings.